The predicted octanol–water partition coefficient (Wildman–Crippen LogP) is 2.97. The fraction of sp³-hybridized carbons (Fsp3) is 0.125. The maximum absolute atomic E-state index is 12.5. The number of aliphatic imine (C=N–C) groups is 1. The van der Waals surface area contributed by atoms with Gasteiger partial charge in [-0.25, -0.2) is 8.42 Å². The smallest absolute Gasteiger partial charge is 0.261 e. The number of nitrogens with one attached hydrogen (secondary N) is 2. The van der Waals surface area contributed by atoms with Crippen LogP contribution in [0, 0.1) is 0 Å². The molecule has 0 unspecified atom stereocenters. The Kier molecular flexibility index (Phi) is 5.31. The van der Waals surface area contributed by atoms with E-state index in [0.717, 1.165) is 5.75 Å². The van der Waals surface area contributed by atoms with Gasteiger partial charge in [0, 0.05) is 11.3 Å². The maximum Gasteiger partial charge on any atom is 0.261 e. The average Bonchev–Trinajstić information content (AvgIpc) is 3.10. The molecule has 0 radical (unpaired) electrons. The molecule has 1 heterocycles. The molecule has 0 saturated heterocycles. The maximum atomic E-state index is 12.5. The number of nitrogens with zero attached hydrogens (tertiary/aromatic N) is 1. The van der Waals surface area contributed by atoms with Crippen LogP contribution in [-0.4, -0.2) is 31.8 Å². The highest BCUT2D eigenvalue weighted by Crippen LogP contribution is 2.24. The van der Waals surface area contributed by atoms with E-state index in [9.17, 15) is 13.2 Å². The second-order valence-corrected chi connectivity index (χ2v) is 8.28. The quantitative estimate of drug-likeness (QED) is 0.833. The van der Waals surface area contributed by atoms with Crippen molar-refractivity contribution in [3.8, 4) is 0 Å². The highest BCUT2D eigenvalue weighted by Gasteiger charge is 2.19. The summed E-state index contributed by atoms with van der Waals surface area (Å²) >= 11 is 7.44. The summed E-state index contributed by atoms with van der Waals surface area (Å²) in [6.07, 6.45) is 0. The lowest BCUT2D eigenvalue weighted by atomic mass is 10.2. The van der Waals surface area contributed by atoms with Crippen molar-refractivity contribution < 1.29 is 13.2 Å². The molecule has 0 aromatic heterocycles. The minimum absolute atomic E-state index is 0.0268. The molecular formula is C16H14ClN3O3S2. The SMILES string of the molecule is O=C(NC1=NCCS1)c1cccc(S(=O)(=O)Nc2ccccc2Cl)c1. The van der Waals surface area contributed by atoms with Crippen LogP contribution < -0.4 is 10.0 Å². The minimum atomic E-state index is -3.87. The van der Waals surface area contributed by atoms with Crippen molar-refractivity contribution in [2.75, 3.05) is 17.0 Å². The molecule has 0 aliphatic carbocycles. The van der Waals surface area contributed by atoms with Crippen LogP contribution in [0.5, 0.6) is 0 Å². The molecule has 0 spiro atoms. The fourth-order valence-corrected chi connectivity index (χ4v) is 4.22. The van der Waals surface area contributed by atoms with E-state index in [1.165, 1.54) is 30.0 Å². The second-order valence-electron chi connectivity index (χ2n) is 5.10. The zero-order valence-electron chi connectivity index (χ0n) is 12.9. The number of rotatable bonds is 4. The lowest BCUT2D eigenvalue weighted by molar-refractivity contribution is 0.0978. The van der Waals surface area contributed by atoms with E-state index in [2.05, 4.69) is 15.0 Å². The molecule has 130 valence electrons. The Morgan fingerprint density at radius 3 is 2.68 bits per heavy atom. The fourth-order valence-electron chi connectivity index (χ4n) is 2.13. The molecule has 0 atom stereocenters. The monoisotopic (exact) mass is 395 g/mol. The van der Waals surface area contributed by atoms with Crippen molar-refractivity contribution in [1.82, 2.24) is 5.32 Å². The van der Waals surface area contributed by atoms with Gasteiger partial charge in [0.15, 0.2) is 5.17 Å². The third kappa shape index (κ3) is 4.33. The van der Waals surface area contributed by atoms with Gasteiger partial charge in [-0.2, -0.15) is 0 Å². The number of anilines is 1. The Hall–Kier alpha value is -2.03. The first-order chi connectivity index (χ1) is 12.0. The van der Waals surface area contributed by atoms with Crippen LogP contribution in [0.2, 0.25) is 5.02 Å². The van der Waals surface area contributed by atoms with Crippen LogP contribution in [0.1, 0.15) is 10.4 Å². The van der Waals surface area contributed by atoms with Gasteiger partial charge in [-0.1, -0.05) is 41.6 Å². The van der Waals surface area contributed by atoms with E-state index in [0.29, 0.717) is 11.7 Å². The third-order valence-electron chi connectivity index (χ3n) is 3.33. The number of halogens is 1. The predicted molar refractivity (Wildman–Crippen MR) is 101 cm³/mol. The summed E-state index contributed by atoms with van der Waals surface area (Å²) < 4.78 is 27.5. The number of para-hydroxylation sites is 1. The molecule has 6 nitrogen and oxygen atoms in total. The highest BCUT2D eigenvalue weighted by molar-refractivity contribution is 8.14. The molecule has 0 bridgehead atoms. The highest BCUT2D eigenvalue weighted by atomic mass is 35.5. The van der Waals surface area contributed by atoms with Gasteiger partial charge >= 0.3 is 0 Å². The second kappa shape index (κ2) is 7.47. The van der Waals surface area contributed by atoms with Gasteiger partial charge in [-0.05, 0) is 30.3 Å². The number of amides is 1. The molecule has 2 aromatic carbocycles. The lowest BCUT2D eigenvalue weighted by Crippen LogP contribution is -2.27. The summed E-state index contributed by atoms with van der Waals surface area (Å²) in [5, 5.41) is 3.51. The van der Waals surface area contributed by atoms with E-state index in [1.807, 2.05) is 0 Å². The number of hydrogen-bond donors (Lipinski definition) is 2. The summed E-state index contributed by atoms with van der Waals surface area (Å²) in [7, 11) is -3.87. The zero-order valence-corrected chi connectivity index (χ0v) is 15.3. The van der Waals surface area contributed by atoms with Crippen molar-refractivity contribution in [2.24, 2.45) is 4.99 Å². The first kappa shape index (κ1) is 17.8. The summed E-state index contributed by atoms with van der Waals surface area (Å²) in [5.74, 6) is 0.425. The van der Waals surface area contributed by atoms with E-state index in [4.69, 9.17) is 11.6 Å². The van der Waals surface area contributed by atoms with Crippen molar-refractivity contribution in [1.29, 1.82) is 0 Å². The lowest BCUT2D eigenvalue weighted by Gasteiger charge is -2.10. The number of carbonyl (C=O) groups excluding carboxylic acids is 1. The summed E-state index contributed by atoms with van der Waals surface area (Å²) in [6, 6.07) is 12.3. The molecule has 0 saturated carbocycles. The first-order valence-electron chi connectivity index (χ1n) is 7.32. The topological polar surface area (TPSA) is 87.6 Å². The number of amidine groups is 1. The molecule has 2 aromatic rings. The van der Waals surface area contributed by atoms with Crippen molar-refractivity contribution in [2.45, 2.75) is 4.90 Å². The molecular weight excluding hydrogens is 382 g/mol. The average molecular weight is 396 g/mol. The molecule has 9 heteroatoms. The van der Waals surface area contributed by atoms with Crippen LogP contribution in [-0.2, 0) is 10.0 Å². The van der Waals surface area contributed by atoms with E-state index in [-0.39, 0.29) is 21.2 Å². The van der Waals surface area contributed by atoms with Crippen molar-refractivity contribution in [3.05, 3.63) is 59.1 Å². The van der Waals surface area contributed by atoms with Gasteiger partial charge in [0.2, 0.25) is 0 Å². The normalized spacial score (nSPS) is 14.0. The molecule has 1 amide bonds. The molecule has 3 rings (SSSR count). The molecule has 1 aliphatic rings. The Morgan fingerprint density at radius 2 is 1.96 bits per heavy atom. The molecule has 25 heavy (non-hydrogen) atoms. The van der Waals surface area contributed by atoms with Crippen molar-refractivity contribution in [3.63, 3.8) is 0 Å². The van der Waals surface area contributed by atoms with E-state index < -0.39 is 15.9 Å². The van der Waals surface area contributed by atoms with Gasteiger partial charge < -0.3 is 5.32 Å². The van der Waals surface area contributed by atoms with Crippen molar-refractivity contribution >= 4 is 50.1 Å². The Labute approximate surface area is 154 Å². The third-order valence-corrected chi connectivity index (χ3v) is 5.91. The van der Waals surface area contributed by atoms with Crippen LogP contribution in [0.15, 0.2) is 58.4 Å². The van der Waals surface area contributed by atoms with E-state index >= 15 is 0 Å². The van der Waals surface area contributed by atoms with Crippen LogP contribution in [0.3, 0.4) is 0 Å². The summed E-state index contributed by atoms with van der Waals surface area (Å²) in [5.41, 5.74) is 0.507. The minimum Gasteiger partial charge on any atom is -0.301 e. The molecule has 1 aliphatic heterocycles. The number of sulfonamides is 1. The van der Waals surface area contributed by atoms with Crippen LogP contribution >= 0.6 is 23.4 Å². The molecule has 2 N–H and O–H groups in total. The van der Waals surface area contributed by atoms with Gasteiger partial charge in [-0.15, -0.1) is 0 Å². The first-order valence-corrected chi connectivity index (χ1v) is 10.2. The number of carbonyl (C=O) groups is 1. The summed E-state index contributed by atoms with van der Waals surface area (Å²) in [6.45, 7) is 0.663. The number of benzene rings is 2. The van der Waals surface area contributed by atoms with Gasteiger partial charge in [0.25, 0.3) is 15.9 Å². The largest absolute Gasteiger partial charge is 0.301 e. The Balaban J connectivity index is 1.82. The van der Waals surface area contributed by atoms with Crippen LogP contribution in [0.4, 0.5) is 5.69 Å². The zero-order chi connectivity index (χ0) is 17.9. The Bertz CT molecular complexity index is 945. The summed E-state index contributed by atoms with van der Waals surface area (Å²) in [4.78, 5) is 16.4. The number of hydrogen-bond acceptors (Lipinski definition) is 5. The van der Waals surface area contributed by atoms with Crippen LogP contribution in [0.25, 0.3) is 0 Å². The van der Waals surface area contributed by atoms with Gasteiger partial charge in [0.05, 0.1) is 22.2 Å². The van der Waals surface area contributed by atoms with Gasteiger partial charge in [0.1, 0.15) is 0 Å². The molecule has 0 fully saturated rings. The van der Waals surface area contributed by atoms with E-state index in [1.54, 1.807) is 30.3 Å². The Morgan fingerprint density at radius 1 is 1.16 bits per heavy atom. The standard InChI is InChI=1S/C16H14ClN3O3S2/c17-13-6-1-2-7-14(13)20-25(22,23)12-5-3-4-11(10-12)15(21)19-16-18-8-9-24-16/h1-7,10,20H,8-9H2,(H,18,19,21). The number of thioether (sulfide) groups is 1. The van der Waals surface area contributed by atoms with Gasteiger partial charge in [-0.3, -0.25) is 14.5 Å².